The van der Waals surface area contributed by atoms with E-state index < -0.39 is 0 Å². The fourth-order valence-corrected chi connectivity index (χ4v) is 10.7. The van der Waals surface area contributed by atoms with Gasteiger partial charge in [0.15, 0.2) is 0 Å². The van der Waals surface area contributed by atoms with Crippen LogP contribution in [-0.2, 0) is 10.8 Å². The third-order valence-electron chi connectivity index (χ3n) is 9.81. The summed E-state index contributed by atoms with van der Waals surface area (Å²) in [5, 5.41) is 4.25. The van der Waals surface area contributed by atoms with Crippen molar-refractivity contribution in [1.29, 1.82) is 0 Å². The highest BCUT2D eigenvalue weighted by molar-refractivity contribution is 7.36. The van der Waals surface area contributed by atoms with Gasteiger partial charge in [-0.2, -0.15) is 0 Å². The van der Waals surface area contributed by atoms with Gasteiger partial charge in [0.05, 0.1) is 9.40 Å². The normalized spacial score (nSPS) is 15.8. The molecule has 5 aromatic carbocycles. The van der Waals surface area contributed by atoms with Crippen molar-refractivity contribution in [3.05, 3.63) is 117 Å². The van der Waals surface area contributed by atoms with Gasteiger partial charge in [-0.25, -0.2) is 0 Å². The summed E-state index contributed by atoms with van der Waals surface area (Å²) in [7, 11) is 0. The number of rotatable bonds is 1. The van der Waals surface area contributed by atoms with E-state index in [-0.39, 0.29) is 10.8 Å². The van der Waals surface area contributed by atoms with Crippen molar-refractivity contribution in [3.8, 4) is 33.4 Å². The minimum absolute atomic E-state index is 0.0844. The van der Waals surface area contributed by atoms with Gasteiger partial charge in [-0.05, 0) is 104 Å². The number of benzene rings is 5. The van der Waals surface area contributed by atoms with Crippen LogP contribution in [0.15, 0.2) is 84.9 Å². The van der Waals surface area contributed by atoms with Crippen molar-refractivity contribution < 1.29 is 0 Å². The Bertz CT molecular complexity index is 2330. The minimum Gasteiger partial charge on any atom is -0.134 e. The summed E-state index contributed by atoms with van der Waals surface area (Å²) in [5.74, 6) is 0. The average molecular weight is 618 g/mol. The molecule has 0 saturated heterocycles. The van der Waals surface area contributed by atoms with E-state index in [0.717, 1.165) is 10.0 Å². The zero-order chi connectivity index (χ0) is 28.7. The Morgan fingerprint density at radius 3 is 1.57 bits per heavy atom. The van der Waals surface area contributed by atoms with E-state index in [1.807, 2.05) is 34.8 Å². The van der Waals surface area contributed by atoms with Gasteiger partial charge in [0.1, 0.15) is 0 Å². The molecule has 42 heavy (non-hydrogen) atoms. The molecule has 0 amide bonds. The van der Waals surface area contributed by atoms with Crippen molar-refractivity contribution >= 4 is 75.4 Å². The summed E-state index contributed by atoms with van der Waals surface area (Å²) in [5.41, 5.74) is 13.3. The van der Waals surface area contributed by atoms with E-state index >= 15 is 0 Å². The fourth-order valence-electron chi connectivity index (χ4n) is 7.52. The monoisotopic (exact) mass is 616 g/mol. The van der Waals surface area contributed by atoms with Crippen molar-refractivity contribution in [3.63, 3.8) is 0 Å². The van der Waals surface area contributed by atoms with Gasteiger partial charge >= 0.3 is 0 Å². The second-order valence-corrected chi connectivity index (χ2v) is 15.8. The van der Waals surface area contributed by atoms with Gasteiger partial charge < -0.3 is 0 Å². The lowest BCUT2D eigenvalue weighted by atomic mass is 9.79. The molecule has 0 unspecified atom stereocenters. The van der Waals surface area contributed by atoms with Gasteiger partial charge in [0, 0.05) is 41.0 Å². The maximum absolute atomic E-state index is 6.44. The number of fused-ring (bicyclic) bond motifs is 11. The van der Waals surface area contributed by atoms with Gasteiger partial charge in [-0.3, -0.25) is 0 Å². The number of thiophene rings is 2. The van der Waals surface area contributed by atoms with Crippen molar-refractivity contribution in [2.75, 3.05) is 0 Å². The van der Waals surface area contributed by atoms with Crippen LogP contribution in [0.3, 0.4) is 0 Å². The third-order valence-corrected chi connectivity index (χ3v) is 12.8. The Balaban J connectivity index is 1.17. The molecule has 0 aliphatic heterocycles. The van der Waals surface area contributed by atoms with Crippen molar-refractivity contribution in [2.24, 2.45) is 0 Å². The van der Waals surface area contributed by atoms with Gasteiger partial charge in [0.2, 0.25) is 0 Å². The molecule has 2 aliphatic carbocycles. The standard InChI is InChI=1S/C38H26Cl2S2/c1-37(2)29-13-19(20-6-10-25-33(14-20)41-36-26-12-8-22(40)16-34(26)42-35(25)36)5-9-23(29)27-17-32-28(18-31(27)37)24-11-7-21(39)15-30(24)38(32,3)4/h5-18H,1-4H3. The first-order chi connectivity index (χ1) is 20.1. The largest absolute Gasteiger partial charge is 0.134 e. The molecule has 2 aliphatic rings. The van der Waals surface area contributed by atoms with Gasteiger partial charge in [0.25, 0.3) is 0 Å². The molecule has 0 nitrogen and oxygen atoms in total. The van der Waals surface area contributed by atoms with E-state index in [1.165, 1.54) is 85.2 Å². The van der Waals surface area contributed by atoms with Crippen LogP contribution in [0, 0.1) is 0 Å². The van der Waals surface area contributed by atoms with Crippen LogP contribution >= 0.6 is 45.9 Å². The molecule has 0 N–H and O–H groups in total. The van der Waals surface area contributed by atoms with Crippen LogP contribution in [0.1, 0.15) is 49.9 Å². The molecule has 0 saturated carbocycles. The quantitative estimate of drug-likeness (QED) is 0.172. The van der Waals surface area contributed by atoms with Gasteiger partial charge in [-0.1, -0.05) is 87.3 Å². The SMILES string of the molecule is CC1(C)c2cc(Cl)ccc2-c2cc3c(cc21)-c1ccc(-c2ccc4c(c2)sc2c5ccc(Cl)cc5sc42)cc1C3(C)C. The van der Waals surface area contributed by atoms with Crippen LogP contribution in [-0.4, -0.2) is 0 Å². The molecule has 0 atom stereocenters. The summed E-state index contributed by atoms with van der Waals surface area (Å²) < 4.78 is 5.33. The maximum atomic E-state index is 6.44. The molecule has 0 radical (unpaired) electrons. The Morgan fingerprint density at radius 1 is 0.452 bits per heavy atom. The van der Waals surface area contributed by atoms with Crippen LogP contribution in [0.25, 0.3) is 63.0 Å². The van der Waals surface area contributed by atoms with E-state index in [9.17, 15) is 0 Å². The topological polar surface area (TPSA) is 0 Å². The Hall–Kier alpha value is -3.14. The summed E-state index contributed by atoms with van der Waals surface area (Å²) in [6.07, 6.45) is 0. The van der Waals surface area contributed by atoms with E-state index in [2.05, 4.69) is 100 Å². The molecular weight excluding hydrogens is 591 g/mol. The number of hydrogen-bond donors (Lipinski definition) is 0. The van der Waals surface area contributed by atoms with Crippen LogP contribution in [0.2, 0.25) is 10.0 Å². The second-order valence-electron chi connectivity index (χ2n) is 12.9. The van der Waals surface area contributed by atoms with Crippen LogP contribution in [0.5, 0.6) is 0 Å². The smallest absolute Gasteiger partial charge is 0.0542 e. The molecule has 2 aromatic heterocycles. The molecule has 0 bridgehead atoms. The third kappa shape index (κ3) is 3.24. The molecule has 7 aromatic rings. The first-order valence-corrected chi connectivity index (χ1v) is 16.7. The van der Waals surface area contributed by atoms with Crippen molar-refractivity contribution in [1.82, 2.24) is 0 Å². The summed E-state index contributed by atoms with van der Waals surface area (Å²) in [4.78, 5) is 0. The number of halogens is 2. The van der Waals surface area contributed by atoms with E-state index in [0.29, 0.717) is 0 Å². The maximum Gasteiger partial charge on any atom is 0.0542 e. The Morgan fingerprint density at radius 2 is 0.905 bits per heavy atom. The predicted molar refractivity (Wildman–Crippen MR) is 185 cm³/mol. The minimum atomic E-state index is -0.0924. The van der Waals surface area contributed by atoms with Crippen LogP contribution in [0.4, 0.5) is 0 Å². The highest BCUT2D eigenvalue weighted by Gasteiger charge is 2.41. The molecule has 2 heterocycles. The Kier molecular flexibility index (Phi) is 5.00. The number of hydrogen-bond acceptors (Lipinski definition) is 2. The summed E-state index contributed by atoms with van der Waals surface area (Å²) in [6.45, 7) is 9.41. The zero-order valence-electron chi connectivity index (χ0n) is 23.7. The molecule has 4 heteroatoms. The van der Waals surface area contributed by atoms with E-state index in [4.69, 9.17) is 23.2 Å². The highest BCUT2D eigenvalue weighted by Crippen LogP contribution is 2.57. The second kappa shape index (κ2) is 8.27. The summed E-state index contributed by atoms with van der Waals surface area (Å²) >= 11 is 16.5. The average Bonchev–Trinajstić information content (AvgIpc) is 3.62. The first kappa shape index (κ1) is 25.4. The van der Waals surface area contributed by atoms with Gasteiger partial charge in [-0.15, -0.1) is 22.7 Å². The lowest BCUT2D eigenvalue weighted by Crippen LogP contribution is -2.17. The molecule has 204 valence electrons. The van der Waals surface area contributed by atoms with Crippen LogP contribution < -0.4 is 0 Å². The first-order valence-electron chi connectivity index (χ1n) is 14.3. The fraction of sp³-hybridized carbons (Fsp3) is 0.158. The lowest BCUT2D eigenvalue weighted by molar-refractivity contribution is 0.652. The summed E-state index contributed by atoms with van der Waals surface area (Å²) in [6, 6.07) is 31.6. The van der Waals surface area contributed by atoms with Crippen molar-refractivity contribution in [2.45, 2.75) is 38.5 Å². The Labute approximate surface area is 263 Å². The lowest BCUT2D eigenvalue weighted by Gasteiger charge is -2.24. The molecular formula is C38H26Cl2S2. The predicted octanol–water partition coefficient (Wildman–Crippen LogP) is 12.9. The highest BCUT2D eigenvalue weighted by atomic mass is 35.5. The van der Waals surface area contributed by atoms with E-state index in [1.54, 1.807) is 0 Å². The molecule has 0 spiro atoms. The zero-order valence-corrected chi connectivity index (χ0v) is 26.8. The molecule has 0 fully saturated rings. The molecule has 9 rings (SSSR count).